The molecule has 1 aromatic carbocycles. The van der Waals surface area contributed by atoms with Gasteiger partial charge in [-0.05, 0) is 29.3 Å². The molecule has 0 fully saturated rings. The molecular weight excluding hydrogens is 298 g/mol. The van der Waals surface area contributed by atoms with Crippen molar-refractivity contribution in [1.29, 1.82) is 0 Å². The van der Waals surface area contributed by atoms with Gasteiger partial charge in [0.15, 0.2) is 0 Å². The Bertz CT molecular complexity index is 742. The average Bonchev–Trinajstić information content (AvgIpc) is 2.93. The zero-order chi connectivity index (χ0) is 16.8. The number of hydrogen-bond acceptors (Lipinski definition) is 7. The van der Waals surface area contributed by atoms with Crippen molar-refractivity contribution in [2.24, 2.45) is 4.99 Å². The summed E-state index contributed by atoms with van der Waals surface area (Å²) in [6, 6.07) is 5.72. The topological polar surface area (TPSA) is 123 Å². The molecule has 1 aromatic heterocycles. The van der Waals surface area contributed by atoms with Crippen molar-refractivity contribution < 1.29 is 14.6 Å². The van der Waals surface area contributed by atoms with Crippen molar-refractivity contribution in [2.75, 3.05) is 18.2 Å². The maximum Gasteiger partial charge on any atom is 0.300 e. The van der Waals surface area contributed by atoms with E-state index in [0.717, 1.165) is 29.5 Å². The van der Waals surface area contributed by atoms with E-state index in [1.54, 1.807) is 19.4 Å². The van der Waals surface area contributed by atoms with Gasteiger partial charge in [0.1, 0.15) is 11.6 Å². The molecule has 3 rings (SSSR count). The van der Waals surface area contributed by atoms with Crippen molar-refractivity contribution in [1.82, 2.24) is 9.97 Å². The first kappa shape index (κ1) is 16.2. The van der Waals surface area contributed by atoms with E-state index in [9.17, 15) is 0 Å². The van der Waals surface area contributed by atoms with Gasteiger partial charge in [-0.3, -0.25) is 9.79 Å². The van der Waals surface area contributed by atoms with E-state index in [0.29, 0.717) is 12.4 Å². The van der Waals surface area contributed by atoms with Crippen molar-refractivity contribution in [3.05, 3.63) is 35.5 Å². The van der Waals surface area contributed by atoms with Crippen LogP contribution >= 0.6 is 0 Å². The number of nitrogens with one attached hydrogen (secondary N) is 1. The Morgan fingerprint density at radius 2 is 2.17 bits per heavy atom. The number of carboxylic acids is 1. The first-order valence-corrected chi connectivity index (χ1v) is 6.75. The number of anilines is 3. The Kier molecular flexibility index (Phi) is 5.08. The molecule has 23 heavy (non-hydrogen) atoms. The van der Waals surface area contributed by atoms with Gasteiger partial charge in [-0.1, -0.05) is 0 Å². The van der Waals surface area contributed by atoms with Crippen LogP contribution in [0.3, 0.4) is 0 Å². The highest BCUT2D eigenvalue weighted by atomic mass is 16.5. The summed E-state index contributed by atoms with van der Waals surface area (Å²) in [5.41, 5.74) is 8.63. The lowest BCUT2D eigenvalue weighted by atomic mass is 10.1. The van der Waals surface area contributed by atoms with Crippen LogP contribution in [-0.2, 0) is 11.3 Å². The molecule has 2 aromatic rings. The molecule has 0 bridgehead atoms. The Balaban J connectivity index is 0.000000433. The van der Waals surface area contributed by atoms with Gasteiger partial charge in [-0.25, -0.2) is 4.98 Å². The molecular formula is C15H17N5O3. The van der Waals surface area contributed by atoms with Crippen LogP contribution in [-0.4, -0.2) is 34.4 Å². The van der Waals surface area contributed by atoms with E-state index in [1.807, 2.05) is 18.3 Å². The summed E-state index contributed by atoms with van der Waals surface area (Å²) >= 11 is 0. The van der Waals surface area contributed by atoms with Crippen LogP contribution in [0.25, 0.3) is 0 Å². The quantitative estimate of drug-likeness (QED) is 0.789. The molecule has 120 valence electrons. The van der Waals surface area contributed by atoms with Crippen LogP contribution in [0.2, 0.25) is 0 Å². The number of aromatic nitrogens is 2. The second-order valence-electron chi connectivity index (χ2n) is 4.67. The number of carbonyl (C=O) groups is 1. The van der Waals surface area contributed by atoms with Gasteiger partial charge < -0.3 is 20.9 Å². The number of benzene rings is 1. The second-order valence-corrected chi connectivity index (χ2v) is 4.67. The number of nitrogens with zero attached hydrogens (tertiary/aromatic N) is 3. The maximum absolute atomic E-state index is 9.00. The predicted octanol–water partition coefficient (Wildman–Crippen LogP) is 1.83. The molecule has 0 aliphatic carbocycles. The van der Waals surface area contributed by atoms with Crippen LogP contribution in [0, 0.1) is 0 Å². The lowest BCUT2D eigenvalue weighted by molar-refractivity contribution is -0.134. The van der Waals surface area contributed by atoms with Gasteiger partial charge >= 0.3 is 0 Å². The standard InChI is InChI=1S/C13H13N5O.C2H4O2/c1-19-11-5-9-7-15-6-8(9)4-10(11)17-12-2-3-16-13(14)18-12;1-2(3)4/h2-6H,7H2,1H3,(H3,14,16,17,18);1H3,(H,3,4). The lowest BCUT2D eigenvalue weighted by Crippen LogP contribution is -2.01. The van der Waals surface area contributed by atoms with Crippen LogP contribution in [0.1, 0.15) is 18.1 Å². The molecule has 0 saturated heterocycles. The number of fused-ring (bicyclic) bond motifs is 1. The van der Waals surface area contributed by atoms with Crippen LogP contribution < -0.4 is 15.8 Å². The fourth-order valence-electron chi connectivity index (χ4n) is 1.99. The van der Waals surface area contributed by atoms with E-state index < -0.39 is 5.97 Å². The minimum atomic E-state index is -0.833. The van der Waals surface area contributed by atoms with E-state index >= 15 is 0 Å². The van der Waals surface area contributed by atoms with Crippen LogP contribution in [0.5, 0.6) is 5.75 Å². The van der Waals surface area contributed by atoms with Crippen molar-refractivity contribution in [3.63, 3.8) is 0 Å². The fraction of sp³-hybridized carbons (Fsp3) is 0.200. The van der Waals surface area contributed by atoms with Gasteiger partial charge in [0.2, 0.25) is 5.95 Å². The summed E-state index contributed by atoms with van der Waals surface area (Å²) in [5, 5.41) is 10.6. The van der Waals surface area contributed by atoms with Crippen molar-refractivity contribution in [3.8, 4) is 5.75 Å². The number of aliphatic carboxylic acids is 1. The summed E-state index contributed by atoms with van der Waals surface area (Å²) in [4.78, 5) is 21.2. The molecule has 0 radical (unpaired) electrons. The van der Waals surface area contributed by atoms with Gasteiger partial charge in [0, 0.05) is 19.3 Å². The molecule has 2 heterocycles. The highest BCUT2D eigenvalue weighted by molar-refractivity contribution is 5.87. The number of ether oxygens (including phenoxy) is 1. The molecule has 8 nitrogen and oxygen atoms in total. The van der Waals surface area contributed by atoms with Gasteiger partial charge in [0.05, 0.1) is 19.3 Å². The van der Waals surface area contributed by atoms with E-state index in [-0.39, 0.29) is 5.95 Å². The number of aliphatic imine (C=N–C) groups is 1. The molecule has 0 atom stereocenters. The Morgan fingerprint density at radius 1 is 1.43 bits per heavy atom. The van der Waals surface area contributed by atoms with Crippen LogP contribution in [0.4, 0.5) is 17.5 Å². The Morgan fingerprint density at radius 3 is 2.83 bits per heavy atom. The highest BCUT2D eigenvalue weighted by Crippen LogP contribution is 2.32. The molecule has 8 heteroatoms. The number of rotatable bonds is 3. The zero-order valence-electron chi connectivity index (χ0n) is 12.8. The third kappa shape index (κ3) is 4.40. The number of hydrogen-bond donors (Lipinski definition) is 3. The minimum Gasteiger partial charge on any atom is -0.495 e. The zero-order valence-corrected chi connectivity index (χ0v) is 12.8. The van der Waals surface area contributed by atoms with Gasteiger partial charge in [0.25, 0.3) is 5.97 Å². The lowest BCUT2D eigenvalue weighted by Gasteiger charge is -2.12. The molecule has 0 amide bonds. The van der Waals surface area contributed by atoms with Crippen LogP contribution in [0.15, 0.2) is 29.4 Å². The minimum absolute atomic E-state index is 0.228. The monoisotopic (exact) mass is 315 g/mol. The first-order valence-electron chi connectivity index (χ1n) is 6.75. The highest BCUT2D eigenvalue weighted by Gasteiger charge is 2.13. The van der Waals surface area contributed by atoms with Gasteiger partial charge in [-0.15, -0.1) is 0 Å². The summed E-state index contributed by atoms with van der Waals surface area (Å²) < 4.78 is 5.38. The van der Waals surface area contributed by atoms with E-state index in [4.69, 9.17) is 20.4 Å². The van der Waals surface area contributed by atoms with E-state index in [1.165, 1.54) is 0 Å². The molecule has 1 aliphatic rings. The summed E-state index contributed by atoms with van der Waals surface area (Å²) in [6.07, 6.45) is 3.46. The SMILES string of the molecule is CC(=O)O.COc1cc2c(cc1Nc1ccnc(N)n1)C=NC2. The number of carboxylic acid groups (broad SMARTS) is 1. The smallest absolute Gasteiger partial charge is 0.300 e. The molecule has 0 unspecified atom stereocenters. The fourth-order valence-corrected chi connectivity index (χ4v) is 1.99. The molecule has 4 N–H and O–H groups in total. The van der Waals surface area contributed by atoms with Crippen molar-refractivity contribution >= 4 is 29.6 Å². The number of nitrogen functional groups attached to an aromatic ring is 1. The van der Waals surface area contributed by atoms with Crippen molar-refractivity contribution in [2.45, 2.75) is 13.5 Å². The third-order valence-corrected chi connectivity index (χ3v) is 2.89. The normalized spacial score (nSPS) is 11.2. The maximum atomic E-state index is 9.00. The Hall–Kier alpha value is -3.16. The second kappa shape index (κ2) is 7.21. The molecule has 0 spiro atoms. The number of methoxy groups -OCH3 is 1. The molecule has 1 aliphatic heterocycles. The number of nitrogens with two attached hydrogens (primary N) is 1. The summed E-state index contributed by atoms with van der Waals surface area (Å²) in [6.45, 7) is 1.78. The largest absolute Gasteiger partial charge is 0.495 e. The predicted molar refractivity (Wildman–Crippen MR) is 87.3 cm³/mol. The third-order valence-electron chi connectivity index (χ3n) is 2.89. The summed E-state index contributed by atoms with van der Waals surface area (Å²) in [5.74, 6) is 0.772. The molecule has 0 saturated carbocycles. The van der Waals surface area contributed by atoms with Gasteiger partial charge in [-0.2, -0.15) is 4.98 Å². The van der Waals surface area contributed by atoms with E-state index in [2.05, 4.69) is 20.3 Å². The summed E-state index contributed by atoms with van der Waals surface area (Å²) in [7, 11) is 1.64. The first-order chi connectivity index (χ1) is 11.0. The Labute approximate surface area is 133 Å². The average molecular weight is 315 g/mol.